The first-order valence-corrected chi connectivity index (χ1v) is 14.7. The van der Waals surface area contributed by atoms with E-state index in [0.29, 0.717) is 18.3 Å². The number of urea groups is 1. The quantitative estimate of drug-likeness (QED) is 0.236. The Hall–Kier alpha value is -3.49. The Morgan fingerprint density at radius 3 is 2.32 bits per heavy atom. The molecule has 3 aromatic carbocycles. The Labute approximate surface area is 243 Å². The number of aliphatic hydroxyl groups excluding tert-OH is 1. The van der Waals surface area contributed by atoms with Crippen LogP contribution in [-0.2, 0) is 22.6 Å². The van der Waals surface area contributed by atoms with Gasteiger partial charge in [-0.3, -0.25) is 4.90 Å². The summed E-state index contributed by atoms with van der Waals surface area (Å²) in [6.45, 7) is 6.14. The predicted octanol–water partition coefficient (Wildman–Crippen LogP) is 6.48. The topological polar surface area (TPSA) is 83.1 Å². The summed E-state index contributed by atoms with van der Waals surface area (Å²) in [6, 6.07) is 25.7. The van der Waals surface area contributed by atoms with E-state index in [0.717, 1.165) is 41.8 Å². The van der Waals surface area contributed by atoms with Crippen LogP contribution in [0, 0.1) is 0 Å². The number of anilines is 1. The molecule has 1 aliphatic heterocycles. The summed E-state index contributed by atoms with van der Waals surface area (Å²) >= 11 is 0. The first-order valence-electron chi connectivity index (χ1n) is 14.7. The zero-order valence-corrected chi connectivity index (χ0v) is 23.6. The third-order valence-corrected chi connectivity index (χ3v) is 7.99. The zero-order valence-electron chi connectivity index (χ0n) is 23.6. The minimum absolute atomic E-state index is 0.0154. The highest BCUT2D eigenvalue weighted by Gasteiger charge is 2.34. The lowest BCUT2D eigenvalue weighted by atomic mass is 9.99. The maximum absolute atomic E-state index is 12.4. The van der Waals surface area contributed by atoms with E-state index >= 15 is 0 Å². The van der Waals surface area contributed by atoms with Crippen LogP contribution in [-0.4, -0.2) is 41.3 Å². The number of aliphatic hydroxyl groups is 1. The minimum Gasteiger partial charge on any atom is -0.392 e. The molecule has 2 aliphatic rings. The van der Waals surface area contributed by atoms with Gasteiger partial charge in [0.15, 0.2) is 6.29 Å². The van der Waals surface area contributed by atoms with Crippen LogP contribution in [0.5, 0.6) is 0 Å². The molecule has 0 spiro atoms. The van der Waals surface area contributed by atoms with Crippen LogP contribution in [0.2, 0.25) is 0 Å². The van der Waals surface area contributed by atoms with E-state index in [1.165, 1.54) is 25.7 Å². The van der Waals surface area contributed by atoms with Gasteiger partial charge in [0.1, 0.15) is 0 Å². The second-order valence-corrected chi connectivity index (χ2v) is 10.9. The number of carbonyl (C=O) groups is 1. The fourth-order valence-electron chi connectivity index (χ4n) is 5.78. The van der Waals surface area contributed by atoms with E-state index in [1.807, 2.05) is 84.9 Å². The molecule has 3 aromatic rings. The van der Waals surface area contributed by atoms with E-state index in [4.69, 9.17) is 9.47 Å². The van der Waals surface area contributed by atoms with Crippen LogP contribution in [0.3, 0.4) is 0 Å². The summed E-state index contributed by atoms with van der Waals surface area (Å²) in [4.78, 5) is 14.9. The van der Waals surface area contributed by atoms with Gasteiger partial charge in [-0.15, -0.1) is 6.58 Å². The fourth-order valence-corrected chi connectivity index (χ4v) is 5.78. The Bertz CT molecular complexity index is 1240. The van der Waals surface area contributed by atoms with Crippen LogP contribution < -0.4 is 10.6 Å². The Kier molecular flexibility index (Phi) is 10.2. The number of carbonyl (C=O) groups excluding carboxylic acids is 1. The van der Waals surface area contributed by atoms with Crippen LogP contribution in [0.15, 0.2) is 91.5 Å². The summed E-state index contributed by atoms with van der Waals surface area (Å²) in [7, 11) is 0. The number of ether oxygens (including phenoxy) is 2. The second-order valence-electron chi connectivity index (χ2n) is 10.9. The van der Waals surface area contributed by atoms with E-state index < -0.39 is 6.29 Å². The highest BCUT2D eigenvalue weighted by molar-refractivity contribution is 5.89. The van der Waals surface area contributed by atoms with Crippen LogP contribution in [0.25, 0.3) is 0 Å². The van der Waals surface area contributed by atoms with Crippen molar-refractivity contribution in [1.82, 2.24) is 10.2 Å². The molecule has 41 heavy (non-hydrogen) atoms. The third-order valence-electron chi connectivity index (χ3n) is 7.99. The maximum Gasteiger partial charge on any atom is 0.319 e. The summed E-state index contributed by atoms with van der Waals surface area (Å²) < 4.78 is 13.1. The van der Waals surface area contributed by atoms with Gasteiger partial charge in [0.2, 0.25) is 0 Å². The molecule has 3 atom stereocenters. The Morgan fingerprint density at radius 2 is 1.63 bits per heavy atom. The number of rotatable bonds is 11. The van der Waals surface area contributed by atoms with Gasteiger partial charge in [0, 0.05) is 43.3 Å². The smallest absolute Gasteiger partial charge is 0.319 e. The molecule has 1 saturated heterocycles. The van der Waals surface area contributed by atoms with Crippen molar-refractivity contribution in [2.24, 2.45) is 0 Å². The zero-order chi connectivity index (χ0) is 28.4. The number of hydrogen-bond acceptors (Lipinski definition) is 5. The molecular formula is C34H41N3O4. The number of hydrogen-bond donors (Lipinski definition) is 3. The molecule has 1 aliphatic carbocycles. The van der Waals surface area contributed by atoms with Crippen molar-refractivity contribution < 1.29 is 19.4 Å². The third kappa shape index (κ3) is 8.05. The van der Waals surface area contributed by atoms with Crippen LogP contribution in [0.4, 0.5) is 10.5 Å². The number of nitrogens with one attached hydrogen (secondary N) is 2. The van der Waals surface area contributed by atoms with Gasteiger partial charge in [0.25, 0.3) is 0 Å². The summed E-state index contributed by atoms with van der Waals surface area (Å²) in [5, 5.41) is 15.3. The molecule has 0 unspecified atom stereocenters. The van der Waals surface area contributed by atoms with Gasteiger partial charge >= 0.3 is 6.03 Å². The number of amides is 2. The van der Waals surface area contributed by atoms with Gasteiger partial charge in [-0.1, -0.05) is 85.6 Å². The molecule has 0 radical (unpaired) electrons. The minimum atomic E-state index is -0.536. The van der Waals surface area contributed by atoms with Crippen molar-refractivity contribution in [2.45, 2.75) is 69.8 Å². The molecule has 216 valence electrons. The average Bonchev–Trinajstić information content (AvgIpc) is 3.56. The molecule has 0 bridgehead atoms. The Balaban J connectivity index is 1.27. The fraction of sp³-hybridized carbons (Fsp3) is 0.382. The lowest BCUT2D eigenvalue weighted by Crippen LogP contribution is -2.43. The predicted molar refractivity (Wildman–Crippen MR) is 161 cm³/mol. The van der Waals surface area contributed by atoms with Crippen molar-refractivity contribution in [1.29, 1.82) is 0 Å². The Morgan fingerprint density at radius 1 is 0.927 bits per heavy atom. The molecule has 7 heteroatoms. The molecule has 7 nitrogen and oxygen atoms in total. The van der Waals surface area contributed by atoms with E-state index in [9.17, 15) is 9.90 Å². The molecule has 1 saturated carbocycles. The van der Waals surface area contributed by atoms with E-state index in [2.05, 4.69) is 22.1 Å². The standard InChI is InChI=1S/C34H41N3O4/c1-2-20-37(30-10-6-7-11-30)23-31-21-32(27-14-12-26(24-38)13-15-27)41-33(40-31)28-16-18-29(19-17-28)36-34(39)35-22-25-8-4-3-5-9-25/h2-5,8-9,12-19,30-33,38H,1,6-7,10-11,20-24H2,(H2,35,36,39)/t31-,32+,33+/m1/s1. The van der Waals surface area contributed by atoms with Crippen molar-refractivity contribution in [3.63, 3.8) is 0 Å². The largest absolute Gasteiger partial charge is 0.392 e. The van der Waals surface area contributed by atoms with E-state index in [-0.39, 0.29) is 24.8 Å². The SMILES string of the molecule is C=CCN(C[C@H]1C[C@@H](c2ccc(CO)cc2)O[C@@H](c2ccc(NC(=O)NCc3ccccc3)cc2)O1)C1CCCC1. The monoisotopic (exact) mass is 555 g/mol. The molecular weight excluding hydrogens is 514 g/mol. The van der Waals surface area contributed by atoms with Gasteiger partial charge in [0.05, 0.1) is 18.8 Å². The number of benzene rings is 3. The van der Waals surface area contributed by atoms with Crippen LogP contribution in [0.1, 0.15) is 66.8 Å². The van der Waals surface area contributed by atoms with Gasteiger partial charge in [-0.25, -0.2) is 4.79 Å². The molecule has 2 fully saturated rings. The average molecular weight is 556 g/mol. The van der Waals surface area contributed by atoms with Gasteiger partial charge in [-0.05, 0) is 41.7 Å². The van der Waals surface area contributed by atoms with Crippen LogP contribution >= 0.6 is 0 Å². The van der Waals surface area contributed by atoms with Gasteiger partial charge < -0.3 is 25.2 Å². The second kappa shape index (κ2) is 14.4. The molecule has 2 amide bonds. The molecule has 5 rings (SSSR count). The maximum atomic E-state index is 12.4. The van der Waals surface area contributed by atoms with Crippen molar-refractivity contribution in [2.75, 3.05) is 18.4 Å². The first kappa shape index (κ1) is 29.0. The lowest BCUT2D eigenvalue weighted by molar-refractivity contribution is -0.253. The molecule has 0 aromatic heterocycles. The van der Waals surface area contributed by atoms with Gasteiger partial charge in [-0.2, -0.15) is 0 Å². The number of nitrogens with zero attached hydrogens (tertiary/aromatic N) is 1. The highest BCUT2D eigenvalue weighted by Crippen LogP contribution is 2.39. The summed E-state index contributed by atoms with van der Waals surface area (Å²) in [6.07, 6.45) is 7.05. The normalized spacial score (nSPS) is 21.1. The summed E-state index contributed by atoms with van der Waals surface area (Å²) in [5.41, 5.74) is 4.59. The molecule has 1 heterocycles. The van der Waals surface area contributed by atoms with Crippen molar-refractivity contribution in [3.8, 4) is 0 Å². The van der Waals surface area contributed by atoms with Crippen molar-refractivity contribution >= 4 is 11.7 Å². The van der Waals surface area contributed by atoms with E-state index in [1.54, 1.807) is 0 Å². The molecule has 3 N–H and O–H groups in total. The summed E-state index contributed by atoms with van der Waals surface area (Å²) in [5.74, 6) is 0. The first-order chi connectivity index (χ1) is 20.1. The van der Waals surface area contributed by atoms with Crippen molar-refractivity contribution in [3.05, 3.63) is 114 Å². The lowest BCUT2D eigenvalue weighted by Gasteiger charge is -2.39. The highest BCUT2D eigenvalue weighted by atomic mass is 16.7.